The number of nitrogens with two attached hydrogens (primary N) is 1. The van der Waals surface area contributed by atoms with Crippen LogP contribution in [-0.4, -0.2) is 189 Å². The molecule has 0 bridgehead atoms. The summed E-state index contributed by atoms with van der Waals surface area (Å²) in [7, 11) is 6.72. The molecule has 4 aliphatic rings. The number of carbonyl (C=O) groups is 1. The topological polar surface area (TPSA) is 243 Å². The molecule has 1 amide bonds. The fraction of sp³-hybridized carbons (Fsp3) is 0.542. The van der Waals surface area contributed by atoms with E-state index in [4.69, 9.17) is 49.1 Å². The first kappa shape index (κ1) is 69.4. The average molecular weight is 1150 g/mol. The number of rotatable bonds is 14. The summed E-state index contributed by atoms with van der Waals surface area (Å²) in [6.07, 6.45) is 3.09. The first-order valence-electron chi connectivity index (χ1n) is 27.4. The minimum Gasteiger partial charge on any atom is -0.497 e. The van der Waals surface area contributed by atoms with E-state index in [1.54, 1.807) is 52.1 Å². The molecule has 0 radical (unpaired) electrons. The number of ether oxygens (including phenoxy) is 7. The molecule has 6 N–H and O–H groups in total. The number of hydrogen-bond acceptors (Lipinski definition) is 19. The molecular weight excluding hydrogens is 1060 g/mol. The van der Waals surface area contributed by atoms with E-state index in [1.807, 2.05) is 79.4 Å². The van der Waals surface area contributed by atoms with Crippen LogP contribution >= 0.6 is 12.4 Å². The number of aliphatic hydroxyl groups excluding tert-OH is 2. The molecule has 21 nitrogen and oxygen atoms in total. The molecule has 81 heavy (non-hydrogen) atoms. The van der Waals surface area contributed by atoms with Crippen molar-refractivity contribution in [1.29, 1.82) is 0 Å². The maximum Gasteiger partial charge on any atom is 0.255 e. The summed E-state index contributed by atoms with van der Waals surface area (Å²) in [6, 6.07) is 28.6. The summed E-state index contributed by atoms with van der Waals surface area (Å²) < 4.78 is 38.0. The Balaban J connectivity index is 0.000000266. The van der Waals surface area contributed by atoms with Crippen LogP contribution in [0.1, 0.15) is 58.2 Å². The van der Waals surface area contributed by atoms with Crippen LogP contribution in [-0.2, 0) is 50.4 Å². The standard InChI is InChI=1S/C14H17N5O2.C13H17NO3.C13H19NO2.C11H17NO2.C5H11NO.C3H9NO.ClH/c1-10-8-21-6-5-19(10)14-17-12(7-13(20)18(14)2)11-3-4-15-9-16-11;1-10-8-17-9-13(15)14(10)7-11-3-5-12(16-2)6-4-11;1-11-10-16-8-7-14(11)9-12-3-5-13(15-2)6-4-12;1-9(8-13)12-7-10-3-5-11(14-2)6-4-10;1-5-4-7-3-2-6-5;1-3(4)2-5;/h3-4,7,9-10H,5-6,8H2,1-2H3;3-6,10H,7-9H2,1-2H3;3-6,11H,7-10H2,1-2H3;3-6,9,12-13H,7-8H2,1-2H3;5-6H,2-4H2,1H3;3,5H,2,4H2,1H3;1H/t2*10-;11-;9-;5-;3-;/m111111./s1. The van der Waals surface area contributed by atoms with Crippen molar-refractivity contribution in [1.82, 2.24) is 40.0 Å². The van der Waals surface area contributed by atoms with Gasteiger partial charge in [-0.15, -0.1) is 12.4 Å². The number of carbonyl (C=O) groups excluding carboxylic acids is 1. The lowest BCUT2D eigenvalue weighted by Gasteiger charge is -2.34. The summed E-state index contributed by atoms with van der Waals surface area (Å²) in [5, 5.41) is 23.3. The number of anilines is 1. The Labute approximate surface area is 485 Å². The lowest BCUT2D eigenvalue weighted by molar-refractivity contribution is -0.148. The van der Waals surface area contributed by atoms with Crippen LogP contribution in [0.25, 0.3) is 11.4 Å². The van der Waals surface area contributed by atoms with E-state index in [-0.39, 0.29) is 67.9 Å². The Bertz CT molecular complexity index is 2510. The normalized spacial score (nSPS) is 19.4. The molecule has 4 aliphatic heterocycles. The number of aromatic nitrogens is 4. The zero-order valence-electron chi connectivity index (χ0n) is 49.2. The third-order valence-corrected chi connectivity index (χ3v) is 13.1. The van der Waals surface area contributed by atoms with Crippen molar-refractivity contribution in [2.75, 3.05) is 112 Å². The highest BCUT2D eigenvalue weighted by molar-refractivity contribution is 5.85. The van der Waals surface area contributed by atoms with E-state index in [1.165, 1.54) is 23.5 Å². The lowest BCUT2D eigenvalue weighted by Crippen LogP contribution is -2.47. The number of hydrogen-bond donors (Lipinski definition) is 5. The number of halogens is 1. The van der Waals surface area contributed by atoms with Crippen LogP contribution in [0.5, 0.6) is 17.2 Å². The summed E-state index contributed by atoms with van der Waals surface area (Å²) in [6.45, 7) is 23.0. The van der Waals surface area contributed by atoms with Crippen LogP contribution in [0, 0.1) is 0 Å². The van der Waals surface area contributed by atoms with Gasteiger partial charge in [0.2, 0.25) is 11.9 Å². The molecule has 0 unspecified atom stereocenters. The van der Waals surface area contributed by atoms with Gasteiger partial charge >= 0.3 is 0 Å². The van der Waals surface area contributed by atoms with Crippen LogP contribution in [0.2, 0.25) is 0 Å². The number of nitrogens with one attached hydrogen (secondary N) is 2. The first-order chi connectivity index (χ1) is 38.6. The third-order valence-electron chi connectivity index (χ3n) is 13.1. The molecule has 4 saturated heterocycles. The Morgan fingerprint density at radius 1 is 0.704 bits per heavy atom. The molecule has 6 heterocycles. The van der Waals surface area contributed by atoms with Crippen molar-refractivity contribution in [2.24, 2.45) is 12.8 Å². The molecule has 2 aromatic heterocycles. The van der Waals surface area contributed by atoms with Gasteiger partial charge in [-0.1, -0.05) is 36.4 Å². The van der Waals surface area contributed by atoms with Gasteiger partial charge in [-0.25, -0.2) is 15.0 Å². The van der Waals surface area contributed by atoms with Gasteiger partial charge in [0, 0.05) is 82.7 Å². The zero-order valence-corrected chi connectivity index (χ0v) is 50.0. The molecular formula is C59H91ClN10O11. The number of nitrogens with zero attached hydrogens (tertiary/aromatic N) is 7. The van der Waals surface area contributed by atoms with Gasteiger partial charge in [-0.05, 0) is 101 Å². The predicted molar refractivity (Wildman–Crippen MR) is 318 cm³/mol. The number of amides is 1. The number of methoxy groups -OCH3 is 3. The van der Waals surface area contributed by atoms with E-state index >= 15 is 0 Å². The maximum absolute atomic E-state index is 12.2. The fourth-order valence-electron chi connectivity index (χ4n) is 8.05. The first-order valence-corrected chi connectivity index (χ1v) is 27.4. The Morgan fingerprint density at radius 3 is 1.72 bits per heavy atom. The second-order valence-corrected chi connectivity index (χ2v) is 19.9. The Hall–Kier alpha value is -5.82. The van der Waals surface area contributed by atoms with Gasteiger partial charge in [-0.3, -0.25) is 19.1 Å². The Kier molecular flexibility index (Phi) is 33.3. The lowest BCUT2D eigenvalue weighted by atomic mass is 10.1. The quantitative estimate of drug-likeness (QED) is 0.101. The molecule has 0 aliphatic carbocycles. The maximum atomic E-state index is 12.2. The van der Waals surface area contributed by atoms with E-state index in [2.05, 4.69) is 68.3 Å². The van der Waals surface area contributed by atoms with Gasteiger partial charge in [0.05, 0.1) is 104 Å². The van der Waals surface area contributed by atoms with Gasteiger partial charge < -0.3 is 69.5 Å². The molecule has 3 aromatic carbocycles. The minimum atomic E-state index is -0.104. The van der Waals surface area contributed by atoms with Gasteiger partial charge in [0.1, 0.15) is 30.2 Å². The monoisotopic (exact) mass is 1150 g/mol. The SMILES string of the molecule is COc1ccc(CN2C(=O)COC[C@H]2C)cc1.COc1ccc(CN2CCOC[C@H]2C)cc1.COc1ccc(CN[C@H](C)CO)cc1.C[C@@H](N)CO.C[C@@H]1COCCN1.C[C@@H]1COCCN1c1nc(-c2ccncn2)cc(=O)n1C.Cl. The largest absolute Gasteiger partial charge is 0.497 e. The average Bonchev–Trinajstić information content (AvgIpc) is 3.48. The van der Waals surface area contributed by atoms with Crippen molar-refractivity contribution in [3.63, 3.8) is 0 Å². The fourth-order valence-corrected chi connectivity index (χ4v) is 8.05. The highest BCUT2D eigenvalue weighted by Crippen LogP contribution is 2.21. The summed E-state index contributed by atoms with van der Waals surface area (Å²) >= 11 is 0. The minimum absolute atomic E-state index is 0. The van der Waals surface area contributed by atoms with Crippen molar-refractivity contribution in [2.45, 2.75) is 97.4 Å². The van der Waals surface area contributed by atoms with Gasteiger partial charge in [0.15, 0.2) is 0 Å². The van der Waals surface area contributed by atoms with E-state index in [9.17, 15) is 9.59 Å². The summed E-state index contributed by atoms with van der Waals surface area (Å²) in [5.74, 6) is 3.31. The summed E-state index contributed by atoms with van der Waals surface area (Å²) in [4.78, 5) is 43.0. The molecule has 5 aromatic rings. The van der Waals surface area contributed by atoms with E-state index in [0.717, 1.165) is 75.4 Å². The Morgan fingerprint density at radius 2 is 1.25 bits per heavy atom. The van der Waals surface area contributed by atoms with Crippen molar-refractivity contribution >= 4 is 24.3 Å². The molecule has 4 fully saturated rings. The van der Waals surface area contributed by atoms with Crippen LogP contribution < -0.4 is 41.0 Å². The highest BCUT2D eigenvalue weighted by atomic mass is 35.5. The predicted octanol–water partition coefficient (Wildman–Crippen LogP) is 4.73. The van der Waals surface area contributed by atoms with E-state index in [0.29, 0.717) is 62.3 Å². The van der Waals surface area contributed by atoms with Crippen molar-refractivity contribution in [3.8, 4) is 28.6 Å². The van der Waals surface area contributed by atoms with Gasteiger partial charge in [0.25, 0.3) is 5.56 Å². The molecule has 6 atom stereocenters. The molecule has 0 saturated carbocycles. The molecule has 0 spiro atoms. The van der Waals surface area contributed by atoms with E-state index < -0.39 is 0 Å². The second-order valence-electron chi connectivity index (χ2n) is 19.9. The number of benzene rings is 3. The highest BCUT2D eigenvalue weighted by Gasteiger charge is 2.26. The molecule has 22 heteroatoms. The van der Waals surface area contributed by atoms with Crippen LogP contribution in [0.15, 0.2) is 102 Å². The number of morpholine rings is 4. The smallest absolute Gasteiger partial charge is 0.255 e. The number of aliphatic hydroxyl groups is 2. The van der Waals surface area contributed by atoms with Crippen molar-refractivity contribution < 1.29 is 48.2 Å². The summed E-state index contributed by atoms with van der Waals surface area (Å²) in [5.41, 5.74) is 9.76. The molecule has 450 valence electrons. The zero-order chi connectivity index (χ0) is 58.2. The van der Waals surface area contributed by atoms with Crippen LogP contribution in [0.3, 0.4) is 0 Å². The molecule has 9 rings (SSSR count). The van der Waals surface area contributed by atoms with Crippen LogP contribution in [0.4, 0.5) is 5.95 Å². The third kappa shape index (κ3) is 25.5. The second kappa shape index (κ2) is 38.8. The van der Waals surface area contributed by atoms with Crippen molar-refractivity contribution in [3.05, 3.63) is 124 Å². The van der Waals surface area contributed by atoms with Gasteiger partial charge in [-0.2, -0.15) is 0 Å².